The van der Waals surface area contributed by atoms with Crippen molar-refractivity contribution in [3.63, 3.8) is 0 Å². The first kappa shape index (κ1) is 13.4. The van der Waals surface area contributed by atoms with Gasteiger partial charge < -0.3 is 20.2 Å². The highest BCUT2D eigenvalue weighted by atomic mass is 32.7. The molecule has 4 N–H and O–H groups in total. The van der Waals surface area contributed by atoms with Crippen LogP contribution in [0.25, 0.3) is 0 Å². The fraction of sp³-hybridized carbons (Fsp3) is 0.600. The Kier molecular flexibility index (Phi) is 5.14. The molecular weight excluding hydrogens is 233 g/mol. The number of carboxylic acid groups (broad SMARTS) is 1. The first-order valence-electron chi connectivity index (χ1n) is 3.46. The van der Waals surface area contributed by atoms with Crippen LogP contribution >= 0.6 is 18.2 Å². The van der Waals surface area contributed by atoms with Gasteiger partial charge >= 0.3 is 12.8 Å². The molecule has 0 radical (unpaired) electrons. The fourth-order valence-electron chi connectivity index (χ4n) is 0.560. The molecule has 1 atom stereocenters. The van der Waals surface area contributed by atoms with Gasteiger partial charge in [-0.15, -0.1) is 0 Å². The van der Waals surface area contributed by atoms with Crippen LogP contribution in [0.15, 0.2) is 0 Å². The minimum Gasteiger partial charge on any atom is -0.480 e. The lowest BCUT2D eigenvalue weighted by Crippen LogP contribution is -2.34. The summed E-state index contributed by atoms with van der Waals surface area (Å²) in [5.41, 5.74) is 0. The van der Waals surface area contributed by atoms with E-state index in [0.29, 0.717) is 0 Å². The highest BCUT2D eigenvalue weighted by molar-refractivity contribution is 8.55. The molecule has 0 saturated carbocycles. The van der Waals surface area contributed by atoms with Gasteiger partial charge in [-0.25, -0.2) is 4.57 Å². The molecule has 0 saturated heterocycles. The van der Waals surface area contributed by atoms with Crippen LogP contribution in [0, 0.1) is 0 Å². The molecule has 0 aliphatic rings. The molecule has 0 aromatic heterocycles. The van der Waals surface area contributed by atoms with Gasteiger partial charge in [0.15, 0.2) is 0 Å². The topological polar surface area (TPSA) is 124 Å². The molecule has 0 rings (SSSR count). The third kappa shape index (κ3) is 6.90. The van der Waals surface area contributed by atoms with E-state index in [1.807, 2.05) is 5.32 Å². The molecule has 14 heavy (non-hydrogen) atoms. The summed E-state index contributed by atoms with van der Waals surface area (Å²) in [4.78, 5) is 38.0. The highest BCUT2D eigenvalue weighted by Gasteiger charge is 2.24. The zero-order valence-electron chi connectivity index (χ0n) is 7.21. The zero-order valence-corrected chi connectivity index (χ0v) is 8.92. The Morgan fingerprint density at radius 2 is 2.00 bits per heavy atom. The molecule has 0 aromatic carbocycles. The van der Waals surface area contributed by atoms with Crippen LogP contribution < -0.4 is 5.32 Å². The number of hydrogen-bond acceptors (Lipinski definition) is 4. The summed E-state index contributed by atoms with van der Waals surface area (Å²) < 4.78 is 10.4. The van der Waals surface area contributed by atoms with Crippen molar-refractivity contribution in [1.29, 1.82) is 0 Å². The average Bonchev–Trinajstić information content (AvgIpc) is 1.96. The van der Waals surface area contributed by atoms with E-state index < -0.39 is 30.5 Å². The molecule has 0 heterocycles. The second kappa shape index (κ2) is 5.35. The molecule has 0 aromatic rings. The number of carbonyl (C=O) groups excluding carboxylic acids is 1. The Labute approximate surface area is 83.8 Å². The fourth-order valence-corrected chi connectivity index (χ4v) is 2.67. The van der Waals surface area contributed by atoms with E-state index >= 15 is 0 Å². The van der Waals surface area contributed by atoms with Crippen molar-refractivity contribution >= 4 is 30.1 Å². The number of rotatable bonds is 5. The smallest absolute Gasteiger partial charge is 0.384 e. The Hall–Kier alpha value is -0.560. The maximum absolute atomic E-state index is 11.0. The normalized spacial score (nSPS) is 13.4. The van der Waals surface area contributed by atoms with Gasteiger partial charge in [-0.1, -0.05) is 0 Å². The van der Waals surface area contributed by atoms with E-state index in [4.69, 9.17) is 14.9 Å². The molecule has 82 valence electrons. The van der Waals surface area contributed by atoms with Crippen molar-refractivity contribution in [3.8, 4) is 0 Å². The van der Waals surface area contributed by atoms with Crippen LogP contribution in [0.3, 0.4) is 0 Å². The van der Waals surface area contributed by atoms with Crippen LogP contribution in [0.4, 0.5) is 0 Å². The highest BCUT2D eigenvalue weighted by Crippen LogP contribution is 2.52. The Bertz CT molecular complexity index is 275. The van der Waals surface area contributed by atoms with Crippen LogP contribution in [0.5, 0.6) is 0 Å². The molecule has 1 unspecified atom stereocenters. The van der Waals surface area contributed by atoms with E-state index in [0.717, 1.165) is 0 Å². The molecule has 9 heteroatoms. The summed E-state index contributed by atoms with van der Waals surface area (Å²) in [5.74, 6) is -1.94. The zero-order chi connectivity index (χ0) is 11.4. The van der Waals surface area contributed by atoms with Gasteiger partial charge in [0, 0.05) is 0 Å². The van der Waals surface area contributed by atoms with Crippen molar-refractivity contribution in [2.75, 3.05) is 6.54 Å². The predicted molar refractivity (Wildman–Crippen MR) is 49.7 cm³/mol. The Morgan fingerprint density at radius 3 is 2.36 bits per heavy atom. The number of amides is 1. The summed E-state index contributed by atoms with van der Waals surface area (Å²) >= 11 is 0.178. The van der Waals surface area contributed by atoms with E-state index in [1.165, 1.54) is 6.92 Å². The van der Waals surface area contributed by atoms with Crippen molar-refractivity contribution in [3.05, 3.63) is 0 Å². The van der Waals surface area contributed by atoms with Crippen molar-refractivity contribution < 1.29 is 29.0 Å². The number of aliphatic carboxylic acids is 1. The summed E-state index contributed by atoms with van der Waals surface area (Å²) in [7, 11) is 0. The van der Waals surface area contributed by atoms with Crippen LogP contribution in [-0.2, 0) is 14.2 Å². The van der Waals surface area contributed by atoms with E-state index in [2.05, 4.69) is 0 Å². The van der Waals surface area contributed by atoms with Crippen LogP contribution in [-0.4, -0.2) is 38.6 Å². The minimum atomic E-state index is -4.31. The number of nitrogens with one attached hydrogen (secondary N) is 1. The van der Waals surface area contributed by atoms with Crippen molar-refractivity contribution in [2.24, 2.45) is 0 Å². The lowest BCUT2D eigenvalue weighted by Gasteiger charge is -2.10. The third-order valence-corrected chi connectivity index (χ3v) is 3.66. The van der Waals surface area contributed by atoms with Crippen LogP contribution in [0.2, 0.25) is 0 Å². The summed E-state index contributed by atoms with van der Waals surface area (Å²) in [6, 6.07) is 0. The third-order valence-electron chi connectivity index (χ3n) is 1.08. The van der Waals surface area contributed by atoms with Crippen molar-refractivity contribution in [2.45, 2.75) is 12.2 Å². The molecule has 7 nitrogen and oxygen atoms in total. The second-order valence-electron chi connectivity index (χ2n) is 2.35. The quantitative estimate of drug-likeness (QED) is 0.475. The number of hydrogen-bond donors (Lipinski definition) is 4. The summed E-state index contributed by atoms with van der Waals surface area (Å²) in [6.07, 6.45) is 0. The monoisotopic (exact) mass is 243 g/mol. The SMILES string of the molecule is CC(SP(=O)(O)O)C(=O)NCC(=O)O. The maximum Gasteiger partial charge on any atom is 0.384 e. The second-order valence-corrected chi connectivity index (χ2v) is 6.31. The Morgan fingerprint density at radius 1 is 1.50 bits per heavy atom. The number of carbonyl (C=O) groups is 2. The van der Waals surface area contributed by atoms with Gasteiger partial charge in [-0.2, -0.15) is 0 Å². The lowest BCUT2D eigenvalue weighted by molar-refractivity contribution is -0.137. The molecule has 0 aliphatic carbocycles. The van der Waals surface area contributed by atoms with E-state index in [9.17, 15) is 14.2 Å². The van der Waals surface area contributed by atoms with Gasteiger partial charge in [-0.3, -0.25) is 9.59 Å². The molecule has 1 amide bonds. The largest absolute Gasteiger partial charge is 0.480 e. The van der Waals surface area contributed by atoms with Crippen LogP contribution in [0.1, 0.15) is 6.92 Å². The Balaban J connectivity index is 4.01. The van der Waals surface area contributed by atoms with Gasteiger partial charge in [0.05, 0.1) is 5.25 Å². The summed E-state index contributed by atoms with van der Waals surface area (Å²) in [6.45, 7) is -3.60. The van der Waals surface area contributed by atoms with Gasteiger partial charge in [-0.05, 0) is 18.3 Å². The predicted octanol–water partition coefficient (Wildman–Crippen LogP) is -0.598. The molecular formula is C5H10NO6PS. The molecule has 0 bridgehead atoms. The summed E-state index contributed by atoms with van der Waals surface area (Å²) in [5, 5.41) is 9.21. The molecule has 0 spiro atoms. The standard InChI is InChI=1S/C5H10NO6PS/c1-3(14-13(10,11)12)5(9)6-2-4(7)8/h3H,2H2,1H3,(H,6,9)(H,7,8)(H2,10,11,12). The molecule has 0 fully saturated rings. The maximum atomic E-state index is 11.0. The van der Waals surface area contributed by atoms with Crippen molar-refractivity contribution in [1.82, 2.24) is 5.32 Å². The van der Waals surface area contributed by atoms with E-state index in [-0.39, 0.29) is 11.4 Å². The van der Waals surface area contributed by atoms with Gasteiger partial charge in [0.2, 0.25) is 5.91 Å². The van der Waals surface area contributed by atoms with Gasteiger partial charge in [0.1, 0.15) is 6.54 Å². The number of carboxylic acids is 1. The average molecular weight is 243 g/mol. The van der Waals surface area contributed by atoms with E-state index in [1.54, 1.807) is 0 Å². The first-order chi connectivity index (χ1) is 6.22. The minimum absolute atomic E-state index is 0.178. The molecule has 0 aliphatic heterocycles. The lowest BCUT2D eigenvalue weighted by atomic mass is 10.4. The van der Waals surface area contributed by atoms with Gasteiger partial charge in [0.25, 0.3) is 0 Å². The first-order valence-corrected chi connectivity index (χ1v) is 6.55.